The fourth-order valence-electron chi connectivity index (χ4n) is 2.05. The first kappa shape index (κ1) is 24.9. The molecule has 3 heteroatoms. The topological polar surface area (TPSA) is 35.5 Å². The van der Waals surface area contributed by atoms with Crippen molar-refractivity contribution >= 4 is 5.78 Å². The molecule has 27 heavy (non-hydrogen) atoms. The van der Waals surface area contributed by atoms with E-state index < -0.39 is 0 Å². The molecule has 0 bridgehead atoms. The van der Waals surface area contributed by atoms with Crippen LogP contribution in [0, 0.1) is 12.8 Å². The second-order valence-corrected chi connectivity index (χ2v) is 5.91. The zero-order valence-electron chi connectivity index (χ0n) is 18.0. The number of carbonyl (C=O) groups is 1. The van der Waals surface area contributed by atoms with E-state index in [4.69, 9.17) is 9.47 Å². The standard InChI is InChI=1S/C20H24O3.2C2H6/c1-15(2)20(21)14-22-12-13-23-19-10-8-18(9-11-19)17-6-4-16(3)5-7-17;2*1-2/h4-11,15H,12-14H2,1-3H3;2*1-2H3. The Labute approximate surface area is 165 Å². The number of ketones is 1. The summed E-state index contributed by atoms with van der Waals surface area (Å²) in [6.45, 7) is 14.8. The number of hydrogen-bond acceptors (Lipinski definition) is 3. The Morgan fingerprint density at radius 3 is 1.78 bits per heavy atom. The van der Waals surface area contributed by atoms with Crippen LogP contribution < -0.4 is 4.74 Å². The van der Waals surface area contributed by atoms with Crippen LogP contribution in [0.2, 0.25) is 0 Å². The van der Waals surface area contributed by atoms with E-state index in [1.54, 1.807) is 0 Å². The van der Waals surface area contributed by atoms with E-state index >= 15 is 0 Å². The fourth-order valence-corrected chi connectivity index (χ4v) is 2.05. The second-order valence-electron chi connectivity index (χ2n) is 5.91. The molecular formula is C24H36O3. The van der Waals surface area contributed by atoms with E-state index in [0.717, 1.165) is 11.3 Å². The normalized spacial score (nSPS) is 9.63. The van der Waals surface area contributed by atoms with Gasteiger partial charge in [-0.05, 0) is 30.2 Å². The molecular weight excluding hydrogens is 336 g/mol. The Hall–Kier alpha value is -2.13. The van der Waals surface area contributed by atoms with Crippen molar-refractivity contribution in [2.75, 3.05) is 19.8 Å². The van der Waals surface area contributed by atoms with Crippen molar-refractivity contribution in [1.29, 1.82) is 0 Å². The number of ether oxygens (including phenoxy) is 2. The second kappa shape index (κ2) is 15.0. The zero-order chi connectivity index (χ0) is 20.7. The highest BCUT2D eigenvalue weighted by molar-refractivity contribution is 5.81. The van der Waals surface area contributed by atoms with Crippen LogP contribution in [0.1, 0.15) is 47.1 Å². The fraction of sp³-hybridized carbons (Fsp3) is 0.458. The first-order valence-corrected chi connectivity index (χ1v) is 9.96. The molecule has 3 nitrogen and oxygen atoms in total. The van der Waals surface area contributed by atoms with Crippen molar-refractivity contribution in [3.8, 4) is 16.9 Å². The van der Waals surface area contributed by atoms with Crippen LogP contribution in [0.5, 0.6) is 5.75 Å². The maximum Gasteiger partial charge on any atom is 0.160 e. The zero-order valence-corrected chi connectivity index (χ0v) is 18.0. The lowest BCUT2D eigenvalue weighted by Crippen LogP contribution is -2.17. The van der Waals surface area contributed by atoms with Crippen LogP contribution in [-0.4, -0.2) is 25.6 Å². The van der Waals surface area contributed by atoms with E-state index in [1.807, 2.05) is 65.8 Å². The highest BCUT2D eigenvalue weighted by atomic mass is 16.5. The van der Waals surface area contributed by atoms with E-state index in [2.05, 4.69) is 31.2 Å². The molecule has 0 aliphatic heterocycles. The van der Waals surface area contributed by atoms with Gasteiger partial charge in [0.1, 0.15) is 19.0 Å². The Morgan fingerprint density at radius 1 is 0.815 bits per heavy atom. The molecule has 2 aromatic carbocycles. The summed E-state index contributed by atoms with van der Waals surface area (Å²) in [6.07, 6.45) is 0. The van der Waals surface area contributed by atoms with Crippen LogP contribution >= 0.6 is 0 Å². The van der Waals surface area contributed by atoms with Gasteiger partial charge >= 0.3 is 0 Å². The summed E-state index contributed by atoms with van der Waals surface area (Å²) in [5.74, 6) is 0.942. The third kappa shape index (κ3) is 9.95. The Kier molecular flexibility index (Phi) is 13.8. The quantitative estimate of drug-likeness (QED) is 0.508. The number of rotatable bonds is 8. The van der Waals surface area contributed by atoms with Gasteiger partial charge in [-0.25, -0.2) is 0 Å². The lowest BCUT2D eigenvalue weighted by molar-refractivity contribution is -0.126. The molecule has 2 rings (SSSR count). The summed E-state index contributed by atoms with van der Waals surface area (Å²) in [4.78, 5) is 11.4. The molecule has 0 fully saturated rings. The molecule has 0 aliphatic carbocycles. The van der Waals surface area contributed by atoms with Gasteiger partial charge in [-0.2, -0.15) is 0 Å². The largest absolute Gasteiger partial charge is 0.491 e. The van der Waals surface area contributed by atoms with Gasteiger partial charge in [0.25, 0.3) is 0 Å². The van der Waals surface area contributed by atoms with Crippen LogP contribution in [0.4, 0.5) is 0 Å². The molecule has 0 saturated carbocycles. The average Bonchev–Trinajstić information content (AvgIpc) is 2.71. The van der Waals surface area contributed by atoms with Gasteiger partial charge in [-0.1, -0.05) is 83.5 Å². The molecule has 0 radical (unpaired) electrons. The Bertz CT molecular complexity index is 613. The van der Waals surface area contributed by atoms with E-state index in [0.29, 0.717) is 13.2 Å². The predicted octanol–water partition coefficient (Wildman–Crippen LogP) is 6.33. The molecule has 0 unspecified atom stereocenters. The van der Waals surface area contributed by atoms with Crippen molar-refractivity contribution in [3.05, 3.63) is 54.1 Å². The van der Waals surface area contributed by atoms with Crippen molar-refractivity contribution in [2.45, 2.75) is 48.5 Å². The van der Waals surface area contributed by atoms with Gasteiger partial charge in [0, 0.05) is 5.92 Å². The first-order valence-electron chi connectivity index (χ1n) is 9.96. The third-order valence-electron chi connectivity index (χ3n) is 3.62. The Balaban J connectivity index is 0.00000158. The van der Waals surface area contributed by atoms with Crippen LogP contribution in [0.25, 0.3) is 11.1 Å². The molecule has 0 N–H and O–H groups in total. The summed E-state index contributed by atoms with van der Waals surface area (Å²) >= 11 is 0. The highest BCUT2D eigenvalue weighted by Crippen LogP contribution is 2.22. The molecule has 0 atom stereocenters. The summed E-state index contributed by atoms with van der Waals surface area (Å²) in [5.41, 5.74) is 3.61. The van der Waals surface area contributed by atoms with Gasteiger partial charge in [0.05, 0.1) is 6.61 Å². The molecule has 0 amide bonds. The number of benzene rings is 2. The molecule has 2 aromatic rings. The summed E-state index contributed by atoms with van der Waals surface area (Å²) in [6, 6.07) is 16.4. The number of aryl methyl sites for hydroxylation is 1. The lowest BCUT2D eigenvalue weighted by Gasteiger charge is -2.09. The van der Waals surface area contributed by atoms with E-state index in [-0.39, 0.29) is 18.3 Å². The maximum atomic E-state index is 11.4. The van der Waals surface area contributed by atoms with Gasteiger partial charge < -0.3 is 9.47 Å². The van der Waals surface area contributed by atoms with Crippen molar-refractivity contribution in [1.82, 2.24) is 0 Å². The van der Waals surface area contributed by atoms with Crippen molar-refractivity contribution in [2.24, 2.45) is 5.92 Å². The van der Waals surface area contributed by atoms with Gasteiger partial charge in [0.2, 0.25) is 0 Å². The van der Waals surface area contributed by atoms with Gasteiger partial charge in [-0.3, -0.25) is 4.79 Å². The van der Waals surface area contributed by atoms with Crippen LogP contribution in [0.3, 0.4) is 0 Å². The highest BCUT2D eigenvalue weighted by Gasteiger charge is 2.06. The predicted molar refractivity (Wildman–Crippen MR) is 115 cm³/mol. The molecule has 0 aliphatic rings. The third-order valence-corrected chi connectivity index (χ3v) is 3.62. The SMILES string of the molecule is CC.CC.Cc1ccc(-c2ccc(OCCOCC(=O)C(C)C)cc2)cc1. The number of Topliss-reactive ketones (excluding diaryl/α,β-unsaturated/α-hetero) is 1. The Morgan fingerprint density at radius 2 is 1.30 bits per heavy atom. The monoisotopic (exact) mass is 372 g/mol. The van der Waals surface area contributed by atoms with Crippen molar-refractivity contribution < 1.29 is 14.3 Å². The summed E-state index contributed by atoms with van der Waals surface area (Å²) in [7, 11) is 0. The minimum absolute atomic E-state index is 0.0187. The summed E-state index contributed by atoms with van der Waals surface area (Å²) in [5, 5.41) is 0. The lowest BCUT2D eigenvalue weighted by atomic mass is 10.0. The first-order chi connectivity index (χ1) is 13.1. The van der Waals surface area contributed by atoms with E-state index in [9.17, 15) is 4.79 Å². The maximum absolute atomic E-state index is 11.4. The number of carbonyl (C=O) groups excluding carboxylic acids is 1. The van der Waals surface area contributed by atoms with Crippen LogP contribution in [-0.2, 0) is 9.53 Å². The molecule has 0 spiro atoms. The van der Waals surface area contributed by atoms with Crippen LogP contribution in [0.15, 0.2) is 48.5 Å². The summed E-state index contributed by atoms with van der Waals surface area (Å²) < 4.78 is 10.9. The minimum Gasteiger partial charge on any atom is -0.491 e. The molecule has 150 valence electrons. The molecule has 0 saturated heterocycles. The molecule has 0 heterocycles. The van der Waals surface area contributed by atoms with E-state index in [1.165, 1.54) is 11.1 Å². The van der Waals surface area contributed by atoms with Crippen molar-refractivity contribution in [3.63, 3.8) is 0 Å². The smallest absolute Gasteiger partial charge is 0.160 e. The average molecular weight is 373 g/mol. The molecule has 0 aromatic heterocycles. The van der Waals surface area contributed by atoms with Gasteiger partial charge in [-0.15, -0.1) is 0 Å². The van der Waals surface area contributed by atoms with Gasteiger partial charge in [0.15, 0.2) is 5.78 Å². The number of hydrogen-bond donors (Lipinski definition) is 0. The minimum atomic E-state index is 0.0187.